The monoisotopic (exact) mass is 412 g/mol. The lowest BCUT2D eigenvalue weighted by atomic mass is 9.63. The van der Waals surface area contributed by atoms with Crippen LogP contribution in [-0.4, -0.2) is 29.6 Å². The third-order valence-electron chi connectivity index (χ3n) is 5.33. The Kier molecular flexibility index (Phi) is 4.41. The number of carbonyl (C=O) groups excluding carboxylic acids is 2. The average molecular weight is 413 g/mol. The molecule has 2 amide bonds. The molecule has 0 spiro atoms. The predicted octanol–water partition coefficient (Wildman–Crippen LogP) is 2.99. The lowest BCUT2D eigenvalue weighted by Gasteiger charge is -2.37. The average Bonchev–Trinajstić information content (AvgIpc) is 2.93. The van der Waals surface area contributed by atoms with Crippen LogP contribution in [0.15, 0.2) is 39.9 Å². The van der Waals surface area contributed by atoms with Gasteiger partial charge in [-0.25, -0.2) is 0 Å². The van der Waals surface area contributed by atoms with Gasteiger partial charge in [-0.2, -0.15) is 10.1 Å². The Morgan fingerprint density at radius 2 is 1.88 bits per heavy atom. The van der Waals surface area contributed by atoms with Gasteiger partial charge in [0.1, 0.15) is 12.4 Å². The maximum atomic E-state index is 12.8. The van der Waals surface area contributed by atoms with Gasteiger partial charge in [0.25, 0.3) is 11.8 Å². The molecule has 4 aliphatic rings. The van der Waals surface area contributed by atoms with Crippen molar-refractivity contribution in [2.24, 2.45) is 28.8 Å². The van der Waals surface area contributed by atoms with E-state index in [2.05, 4.69) is 39.1 Å². The van der Waals surface area contributed by atoms with E-state index >= 15 is 0 Å². The maximum Gasteiger partial charge on any atom is 0.254 e. The Morgan fingerprint density at radius 1 is 1.23 bits per heavy atom. The molecule has 1 saturated heterocycles. The van der Waals surface area contributed by atoms with Gasteiger partial charge in [-0.1, -0.05) is 34.0 Å². The molecule has 1 aromatic carbocycles. The van der Waals surface area contributed by atoms with Crippen LogP contribution in [0, 0.1) is 36.0 Å². The quantitative estimate of drug-likeness (QED) is 0.330. The van der Waals surface area contributed by atoms with Crippen molar-refractivity contribution in [2.75, 3.05) is 6.61 Å². The number of imide groups is 1. The summed E-state index contributed by atoms with van der Waals surface area (Å²) in [6.45, 7) is 0.128. The van der Waals surface area contributed by atoms with Crippen LogP contribution in [0.1, 0.15) is 18.4 Å². The zero-order chi connectivity index (χ0) is 18.3. The molecule has 4 atom stereocenters. The SMILES string of the molecule is C#CCOc1ccc(Br)cc1C=NN1C(=O)C2C3C=CC(CC3)C2C1=O. The first-order chi connectivity index (χ1) is 12.6. The van der Waals surface area contributed by atoms with Gasteiger partial charge in [0, 0.05) is 10.0 Å². The minimum absolute atomic E-state index is 0.128. The van der Waals surface area contributed by atoms with E-state index in [1.54, 1.807) is 12.1 Å². The van der Waals surface area contributed by atoms with E-state index in [1.165, 1.54) is 6.21 Å². The standard InChI is InChI=1S/C20H17BrN2O3/c1-2-9-26-16-8-7-15(21)10-14(16)11-22-23-19(24)17-12-3-4-13(6-5-12)18(17)20(23)25/h1,3-4,7-8,10-13,17-18H,5-6,9H2. The third kappa shape index (κ3) is 2.77. The molecule has 3 aliphatic carbocycles. The second kappa shape index (κ2) is 6.73. The number of carbonyl (C=O) groups is 2. The molecule has 4 unspecified atom stereocenters. The molecule has 26 heavy (non-hydrogen) atoms. The fourth-order valence-electron chi connectivity index (χ4n) is 4.16. The smallest absolute Gasteiger partial charge is 0.254 e. The first kappa shape index (κ1) is 17.0. The van der Waals surface area contributed by atoms with Crippen molar-refractivity contribution in [3.8, 4) is 18.1 Å². The van der Waals surface area contributed by atoms with E-state index in [-0.39, 0.29) is 42.1 Å². The van der Waals surface area contributed by atoms with Gasteiger partial charge in [0.05, 0.1) is 18.1 Å². The lowest BCUT2D eigenvalue weighted by Crippen LogP contribution is -2.38. The number of hydrogen-bond donors (Lipinski definition) is 0. The summed E-state index contributed by atoms with van der Waals surface area (Å²) in [7, 11) is 0. The van der Waals surface area contributed by atoms with Crippen LogP contribution < -0.4 is 4.74 Å². The molecule has 0 aromatic heterocycles. The molecule has 0 N–H and O–H groups in total. The largest absolute Gasteiger partial charge is 0.480 e. The van der Waals surface area contributed by atoms with Crippen molar-refractivity contribution < 1.29 is 14.3 Å². The minimum atomic E-state index is -0.261. The Morgan fingerprint density at radius 3 is 2.46 bits per heavy atom. The zero-order valence-electron chi connectivity index (χ0n) is 14.0. The van der Waals surface area contributed by atoms with Crippen molar-refractivity contribution in [1.29, 1.82) is 0 Å². The first-order valence-corrected chi connectivity index (χ1v) is 9.35. The molecule has 1 heterocycles. The molecule has 1 aromatic rings. The van der Waals surface area contributed by atoms with E-state index in [1.807, 2.05) is 6.07 Å². The van der Waals surface area contributed by atoms with Gasteiger partial charge in [0.15, 0.2) is 0 Å². The van der Waals surface area contributed by atoms with Crippen molar-refractivity contribution in [3.05, 3.63) is 40.4 Å². The summed E-state index contributed by atoms with van der Waals surface area (Å²) >= 11 is 3.40. The number of nitrogens with zero attached hydrogens (tertiary/aromatic N) is 2. The van der Waals surface area contributed by atoms with Gasteiger partial charge >= 0.3 is 0 Å². The topological polar surface area (TPSA) is 59.0 Å². The summed E-state index contributed by atoms with van der Waals surface area (Å²) in [5.41, 5.74) is 0.645. The predicted molar refractivity (Wildman–Crippen MR) is 100 cm³/mol. The van der Waals surface area contributed by atoms with E-state index in [9.17, 15) is 9.59 Å². The number of hydrogen-bond acceptors (Lipinski definition) is 4. The molecular formula is C20H17BrN2O3. The third-order valence-corrected chi connectivity index (χ3v) is 5.82. The Balaban J connectivity index is 1.60. The highest BCUT2D eigenvalue weighted by atomic mass is 79.9. The molecule has 132 valence electrons. The van der Waals surface area contributed by atoms with E-state index in [0.29, 0.717) is 11.3 Å². The molecule has 2 fully saturated rings. The van der Waals surface area contributed by atoms with Crippen LogP contribution in [0.5, 0.6) is 5.75 Å². The summed E-state index contributed by atoms with van der Waals surface area (Å²) < 4.78 is 6.34. The Hall–Kier alpha value is -2.39. The second-order valence-corrected chi connectivity index (χ2v) is 7.66. The number of halogens is 1. The number of terminal acetylenes is 1. The Labute approximate surface area is 160 Å². The van der Waals surface area contributed by atoms with Crippen LogP contribution in [0.4, 0.5) is 0 Å². The van der Waals surface area contributed by atoms with Gasteiger partial charge in [-0.05, 0) is 42.9 Å². The second-order valence-electron chi connectivity index (χ2n) is 6.75. The summed E-state index contributed by atoms with van der Waals surface area (Å²) in [4.78, 5) is 25.6. The molecule has 5 rings (SSSR count). The van der Waals surface area contributed by atoms with Crippen molar-refractivity contribution in [2.45, 2.75) is 12.8 Å². The summed E-state index contributed by atoms with van der Waals surface area (Å²) in [5, 5.41) is 5.26. The number of hydrazone groups is 1. The minimum Gasteiger partial charge on any atom is -0.480 e. The van der Waals surface area contributed by atoms with Gasteiger partial charge < -0.3 is 4.74 Å². The van der Waals surface area contributed by atoms with E-state index < -0.39 is 0 Å². The van der Waals surface area contributed by atoms with Crippen LogP contribution in [-0.2, 0) is 9.59 Å². The van der Waals surface area contributed by atoms with Crippen molar-refractivity contribution in [3.63, 3.8) is 0 Å². The van der Waals surface area contributed by atoms with Gasteiger partial charge in [-0.3, -0.25) is 9.59 Å². The lowest BCUT2D eigenvalue weighted by molar-refractivity contribution is -0.140. The fourth-order valence-corrected chi connectivity index (χ4v) is 4.54. The number of allylic oxidation sites excluding steroid dienone is 2. The molecule has 6 heteroatoms. The fraction of sp³-hybridized carbons (Fsp3) is 0.350. The van der Waals surface area contributed by atoms with Crippen molar-refractivity contribution in [1.82, 2.24) is 5.01 Å². The molecule has 1 saturated carbocycles. The molecule has 5 nitrogen and oxygen atoms in total. The number of benzene rings is 1. The zero-order valence-corrected chi connectivity index (χ0v) is 15.6. The molecule has 0 radical (unpaired) electrons. The highest BCUT2D eigenvalue weighted by Gasteiger charge is 2.56. The summed E-state index contributed by atoms with van der Waals surface area (Å²) in [6.07, 6.45) is 12.8. The Bertz CT molecular complexity index is 838. The van der Waals surface area contributed by atoms with Gasteiger partial charge in [-0.15, -0.1) is 6.42 Å². The van der Waals surface area contributed by atoms with Crippen LogP contribution in [0.2, 0.25) is 0 Å². The molecular weight excluding hydrogens is 396 g/mol. The normalized spacial score (nSPS) is 29.3. The molecule has 1 aliphatic heterocycles. The highest BCUT2D eigenvalue weighted by molar-refractivity contribution is 9.10. The first-order valence-electron chi connectivity index (χ1n) is 8.56. The number of amides is 2. The maximum absolute atomic E-state index is 12.8. The van der Waals surface area contributed by atoms with Crippen LogP contribution >= 0.6 is 15.9 Å². The highest BCUT2D eigenvalue weighted by Crippen LogP contribution is 2.49. The number of fused-ring (bicyclic) bond motifs is 1. The van der Waals surface area contributed by atoms with E-state index in [4.69, 9.17) is 11.2 Å². The van der Waals surface area contributed by atoms with Gasteiger partial charge in [0.2, 0.25) is 0 Å². The number of rotatable bonds is 4. The van der Waals surface area contributed by atoms with E-state index in [0.717, 1.165) is 22.3 Å². The summed E-state index contributed by atoms with van der Waals surface area (Å²) in [5.74, 6) is 2.36. The number of ether oxygens (including phenoxy) is 1. The van der Waals surface area contributed by atoms with Crippen molar-refractivity contribution >= 4 is 34.0 Å². The summed E-state index contributed by atoms with van der Waals surface area (Å²) in [6, 6.07) is 5.40. The van der Waals surface area contributed by atoms with Crippen LogP contribution in [0.3, 0.4) is 0 Å². The molecule has 2 bridgehead atoms. The van der Waals surface area contributed by atoms with Crippen LogP contribution in [0.25, 0.3) is 0 Å².